The van der Waals surface area contributed by atoms with Crippen LogP contribution in [-0.2, 0) is 6.42 Å². The topological polar surface area (TPSA) is 76.6 Å². The summed E-state index contributed by atoms with van der Waals surface area (Å²) in [5.41, 5.74) is 2.72. The van der Waals surface area contributed by atoms with Gasteiger partial charge in [-0.05, 0) is 25.0 Å². The van der Waals surface area contributed by atoms with Crippen LogP contribution in [0.1, 0.15) is 30.1 Å². The molecule has 3 heterocycles. The summed E-state index contributed by atoms with van der Waals surface area (Å²) in [5, 5.41) is 2.98. The van der Waals surface area contributed by atoms with Gasteiger partial charge in [0.05, 0.1) is 31.6 Å². The second-order valence-corrected chi connectivity index (χ2v) is 6.25. The van der Waals surface area contributed by atoms with Crippen molar-refractivity contribution in [3.8, 4) is 11.5 Å². The van der Waals surface area contributed by atoms with Crippen LogP contribution in [0.3, 0.4) is 0 Å². The molecule has 1 aromatic carbocycles. The van der Waals surface area contributed by atoms with Crippen LogP contribution in [0, 0.1) is 0 Å². The van der Waals surface area contributed by atoms with Gasteiger partial charge in [0.25, 0.3) is 0 Å². The Kier molecular flexibility index (Phi) is 3.91. The third-order valence-electron chi connectivity index (χ3n) is 5.00. The molecular weight excluding hydrogens is 320 g/mol. The molecule has 1 fully saturated rings. The number of urea groups is 1. The van der Waals surface area contributed by atoms with E-state index in [4.69, 9.17) is 9.47 Å². The molecule has 2 aliphatic rings. The number of carbonyl (C=O) groups excluding carboxylic acids is 1. The van der Waals surface area contributed by atoms with Gasteiger partial charge in [-0.3, -0.25) is 0 Å². The Hall–Kier alpha value is -2.83. The molecule has 1 saturated heterocycles. The van der Waals surface area contributed by atoms with Gasteiger partial charge in [-0.25, -0.2) is 14.8 Å². The average Bonchev–Trinajstić information content (AvgIpc) is 2.96. The number of fused-ring (bicyclic) bond motifs is 4. The Morgan fingerprint density at radius 3 is 2.96 bits per heavy atom. The first-order valence-electron chi connectivity index (χ1n) is 8.32. The van der Waals surface area contributed by atoms with Crippen LogP contribution in [0.4, 0.5) is 10.5 Å². The molecule has 1 N–H and O–H groups in total. The van der Waals surface area contributed by atoms with Crippen LogP contribution in [0.25, 0.3) is 0 Å². The third-order valence-corrected chi connectivity index (χ3v) is 5.00. The van der Waals surface area contributed by atoms with Crippen LogP contribution in [0.2, 0.25) is 0 Å². The highest BCUT2D eigenvalue weighted by Crippen LogP contribution is 2.43. The van der Waals surface area contributed by atoms with E-state index in [2.05, 4.69) is 15.3 Å². The molecule has 25 heavy (non-hydrogen) atoms. The number of benzene rings is 1. The fraction of sp³-hybridized carbons (Fsp3) is 0.389. The maximum Gasteiger partial charge on any atom is 0.322 e. The minimum absolute atomic E-state index is 0.0338. The summed E-state index contributed by atoms with van der Waals surface area (Å²) >= 11 is 0. The lowest BCUT2D eigenvalue weighted by Gasteiger charge is -2.35. The number of carbonyl (C=O) groups is 1. The number of nitrogens with zero attached hydrogens (tertiary/aromatic N) is 3. The predicted molar refractivity (Wildman–Crippen MR) is 91.9 cm³/mol. The van der Waals surface area contributed by atoms with Gasteiger partial charge in [0.2, 0.25) is 0 Å². The Morgan fingerprint density at radius 2 is 2.16 bits per heavy atom. The van der Waals surface area contributed by atoms with E-state index in [-0.39, 0.29) is 18.1 Å². The monoisotopic (exact) mass is 340 g/mol. The Morgan fingerprint density at radius 1 is 1.28 bits per heavy atom. The molecule has 2 bridgehead atoms. The fourth-order valence-electron chi connectivity index (χ4n) is 3.90. The molecule has 2 unspecified atom stereocenters. The number of rotatable bonds is 3. The maximum atomic E-state index is 13.0. The van der Waals surface area contributed by atoms with Crippen molar-refractivity contribution in [3.63, 3.8) is 0 Å². The summed E-state index contributed by atoms with van der Waals surface area (Å²) in [4.78, 5) is 23.4. The van der Waals surface area contributed by atoms with Crippen molar-refractivity contribution in [3.05, 3.63) is 42.0 Å². The van der Waals surface area contributed by atoms with Crippen LogP contribution in [-0.4, -0.2) is 41.2 Å². The zero-order chi connectivity index (χ0) is 17.4. The van der Waals surface area contributed by atoms with Crippen molar-refractivity contribution in [2.45, 2.75) is 31.3 Å². The molecule has 2 amide bonds. The van der Waals surface area contributed by atoms with Crippen molar-refractivity contribution in [1.29, 1.82) is 0 Å². The molecular formula is C18H20N4O3. The molecule has 0 saturated carbocycles. The first kappa shape index (κ1) is 15.7. The molecule has 0 radical (unpaired) electrons. The second kappa shape index (κ2) is 6.23. The number of hydrogen-bond acceptors (Lipinski definition) is 5. The lowest BCUT2D eigenvalue weighted by atomic mass is 10.00. The largest absolute Gasteiger partial charge is 0.493 e. The number of methoxy groups -OCH3 is 2. The van der Waals surface area contributed by atoms with Gasteiger partial charge in [0, 0.05) is 24.2 Å². The maximum absolute atomic E-state index is 13.0. The van der Waals surface area contributed by atoms with Crippen molar-refractivity contribution < 1.29 is 14.3 Å². The second-order valence-electron chi connectivity index (χ2n) is 6.25. The van der Waals surface area contributed by atoms with Gasteiger partial charge in [-0.15, -0.1) is 0 Å². The molecule has 2 atom stereocenters. The van der Waals surface area contributed by atoms with Gasteiger partial charge in [0.1, 0.15) is 6.33 Å². The van der Waals surface area contributed by atoms with E-state index in [1.807, 2.05) is 23.2 Å². The number of anilines is 1. The van der Waals surface area contributed by atoms with E-state index >= 15 is 0 Å². The van der Waals surface area contributed by atoms with Crippen LogP contribution < -0.4 is 14.8 Å². The normalized spacial score (nSPS) is 20.8. The first-order chi connectivity index (χ1) is 12.2. The molecule has 2 aromatic rings. The van der Waals surface area contributed by atoms with E-state index in [9.17, 15) is 4.79 Å². The Labute approximate surface area is 146 Å². The summed E-state index contributed by atoms with van der Waals surface area (Å²) in [6.07, 6.45) is 6.10. The minimum atomic E-state index is -0.131. The van der Waals surface area contributed by atoms with Gasteiger partial charge in [0.15, 0.2) is 11.5 Å². The van der Waals surface area contributed by atoms with E-state index in [1.54, 1.807) is 26.6 Å². The van der Waals surface area contributed by atoms with E-state index in [0.717, 1.165) is 30.5 Å². The highest BCUT2D eigenvalue weighted by molar-refractivity contribution is 5.92. The summed E-state index contributed by atoms with van der Waals surface area (Å²) < 4.78 is 10.7. The third kappa shape index (κ3) is 2.56. The molecule has 4 rings (SSSR count). The molecule has 7 heteroatoms. The highest BCUT2D eigenvalue weighted by Gasteiger charge is 2.43. The Balaban J connectivity index is 1.61. The molecule has 7 nitrogen and oxygen atoms in total. The number of amides is 2. The summed E-state index contributed by atoms with van der Waals surface area (Å²) in [7, 11) is 3.14. The number of nitrogens with one attached hydrogen (secondary N) is 1. The fourth-order valence-corrected chi connectivity index (χ4v) is 3.90. The number of para-hydroxylation sites is 1. The standard InChI is InChI=1S/C18H20N4O3/c1-24-16-5-3-4-13(17(16)25-2)21-18(23)22-11-6-7-15(22)12-9-19-10-20-14(12)8-11/h3-5,9-11,15H,6-8H2,1-2H3,(H,21,23). The van der Waals surface area contributed by atoms with Crippen molar-refractivity contribution in [2.24, 2.45) is 0 Å². The average molecular weight is 340 g/mol. The molecule has 1 aromatic heterocycles. The van der Waals surface area contributed by atoms with Gasteiger partial charge in [-0.1, -0.05) is 6.07 Å². The Bertz CT molecular complexity index is 811. The van der Waals surface area contributed by atoms with E-state index < -0.39 is 0 Å². The van der Waals surface area contributed by atoms with E-state index in [1.165, 1.54) is 0 Å². The molecule has 0 spiro atoms. The van der Waals surface area contributed by atoms with Crippen LogP contribution >= 0.6 is 0 Å². The molecule has 130 valence electrons. The van der Waals surface area contributed by atoms with Crippen molar-refractivity contribution >= 4 is 11.7 Å². The lowest BCUT2D eigenvalue weighted by molar-refractivity contribution is 0.178. The predicted octanol–water partition coefficient (Wildman–Crippen LogP) is 2.79. The summed E-state index contributed by atoms with van der Waals surface area (Å²) in [6.45, 7) is 0. The zero-order valence-corrected chi connectivity index (χ0v) is 14.2. The lowest BCUT2D eigenvalue weighted by Crippen LogP contribution is -2.44. The van der Waals surface area contributed by atoms with Crippen molar-refractivity contribution in [2.75, 3.05) is 19.5 Å². The van der Waals surface area contributed by atoms with Gasteiger partial charge < -0.3 is 19.7 Å². The number of aromatic nitrogens is 2. The first-order valence-corrected chi connectivity index (χ1v) is 8.32. The van der Waals surface area contributed by atoms with Crippen LogP contribution in [0.15, 0.2) is 30.7 Å². The minimum Gasteiger partial charge on any atom is -0.493 e. The van der Waals surface area contributed by atoms with Gasteiger partial charge >= 0.3 is 6.03 Å². The highest BCUT2D eigenvalue weighted by atomic mass is 16.5. The molecule has 0 aliphatic carbocycles. The quantitative estimate of drug-likeness (QED) is 0.930. The van der Waals surface area contributed by atoms with Crippen molar-refractivity contribution in [1.82, 2.24) is 14.9 Å². The smallest absolute Gasteiger partial charge is 0.322 e. The van der Waals surface area contributed by atoms with E-state index in [0.29, 0.717) is 17.2 Å². The number of ether oxygens (including phenoxy) is 2. The van der Waals surface area contributed by atoms with Crippen LogP contribution in [0.5, 0.6) is 11.5 Å². The molecule has 2 aliphatic heterocycles. The zero-order valence-electron chi connectivity index (χ0n) is 14.2. The summed E-state index contributed by atoms with van der Waals surface area (Å²) in [6, 6.07) is 5.50. The number of hydrogen-bond donors (Lipinski definition) is 1. The SMILES string of the molecule is COc1cccc(NC(=O)N2C3CCC2c2cncnc2C3)c1OC. The van der Waals surface area contributed by atoms with Gasteiger partial charge in [-0.2, -0.15) is 0 Å². The summed E-state index contributed by atoms with van der Waals surface area (Å²) in [5.74, 6) is 1.10.